The fourth-order valence-electron chi connectivity index (χ4n) is 3.98. The standard InChI is InChI=1S/C28H34N2O9S/c1-7-39-21-11-9-20(10-12-21)30(40(32,33)22-13-15-23(34-2)25(16-22)36-4)18-26(31)29-17-19-8-14-24(35-3)28(38-6)27(19)37-5/h8-16H,7,17-18H2,1-6H3,(H,29,31). The molecule has 1 amide bonds. The van der Waals surface area contributed by atoms with E-state index in [1.807, 2.05) is 6.92 Å². The zero-order valence-corrected chi connectivity index (χ0v) is 24.2. The topological polar surface area (TPSA) is 122 Å². The van der Waals surface area contributed by atoms with E-state index in [0.717, 1.165) is 4.31 Å². The van der Waals surface area contributed by atoms with Crippen LogP contribution in [0.4, 0.5) is 5.69 Å². The first-order valence-corrected chi connectivity index (χ1v) is 13.7. The predicted octanol–water partition coefficient (Wildman–Crippen LogP) is 3.64. The van der Waals surface area contributed by atoms with Gasteiger partial charge in [0.15, 0.2) is 23.0 Å². The van der Waals surface area contributed by atoms with Gasteiger partial charge in [-0.1, -0.05) is 0 Å². The van der Waals surface area contributed by atoms with E-state index in [9.17, 15) is 13.2 Å². The molecule has 3 aromatic carbocycles. The number of rotatable bonds is 14. The first-order chi connectivity index (χ1) is 19.2. The Kier molecular flexibility index (Phi) is 10.3. The molecule has 0 saturated carbocycles. The van der Waals surface area contributed by atoms with E-state index in [2.05, 4.69) is 5.32 Å². The van der Waals surface area contributed by atoms with Gasteiger partial charge in [0.25, 0.3) is 10.0 Å². The van der Waals surface area contributed by atoms with Gasteiger partial charge < -0.3 is 33.7 Å². The van der Waals surface area contributed by atoms with Gasteiger partial charge >= 0.3 is 0 Å². The molecule has 1 N–H and O–H groups in total. The first kappa shape index (κ1) is 30.2. The molecule has 0 aliphatic rings. The number of hydrogen-bond donors (Lipinski definition) is 1. The lowest BCUT2D eigenvalue weighted by atomic mass is 10.1. The van der Waals surface area contributed by atoms with E-state index in [4.69, 9.17) is 28.4 Å². The summed E-state index contributed by atoms with van der Waals surface area (Å²) in [5.41, 5.74) is 0.890. The Morgan fingerprint density at radius 1 is 0.775 bits per heavy atom. The second-order valence-electron chi connectivity index (χ2n) is 8.23. The minimum absolute atomic E-state index is 0.0515. The molecule has 0 heterocycles. The van der Waals surface area contributed by atoms with Crippen LogP contribution in [0.15, 0.2) is 59.5 Å². The van der Waals surface area contributed by atoms with Crippen LogP contribution >= 0.6 is 0 Å². The van der Waals surface area contributed by atoms with Crippen LogP contribution in [0, 0.1) is 0 Å². The van der Waals surface area contributed by atoms with Gasteiger partial charge in [-0.25, -0.2) is 8.42 Å². The maximum absolute atomic E-state index is 13.8. The number of amides is 1. The zero-order valence-electron chi connectivity index (χ0n) is 23.3. The fourth-order valence-corrected chi connectivity index (χ4v) is 5.41. The lowest BCUT2D eigenvalue weighted by Crippen LogP contribution is -2.40. The monoisotopic (exact) mass is 574 g/mol. The summed E-state index contributed by atoms with van der Waals surface area (Å²) in [6.45, 7) is 1.85. The van der Waals surface area contributed by atoms with Crippen molar-refractivity contribution in [3.63, 3.8) is 0 Å². The van der Waals surface area contributed by atoms with Gasteiger partial charge in [-0.15, -0.1) is 0 Å². The molecule has 0 saturated heterocycles. The highest BCUT2D eigenvalue weighted by Gasteiger charge is 2.29. The molecule has 12 heteroatoms. The van der Waals surface area contributed by atoms with Crippen molar-refractivity contribution in [2.24, 2.45) is 0 Å². The fraction of sp³-hybridized carbons (Fsp3) is 0.321. The van der Waals surface area contributed by atoms with Gasteiger partial charge in [-0.3, -0.25) is 9.10 Å². The van der Waals surface area contributed by atoms with E-state index in [1.54, 1.807) is 36.4 Å². The second kappa shape index (κ2) is 13.7. The van der Waals surface area contributed by atoms with Crippen molar-refractivity contribution in [2.75, 3.05) is 53.0 Å². The molecule has 3 aromatic rings. The van der Waals surface area contributed by atoms with Crippen molar-refractivity contribution < 1.29 is 41.6 Å². The van der Waals surface area contributed by atoms with Crippen molar-refractivity contribution in [1.82, 2.24) is 5.32 Å². The number of methoxy groups -OCH3 is 5. The average molecular weight is 575 g/mol. The van der Waals surface area contributed by atoms with E-state index in [-0.39, 0.29) is 22.9 Å². The minimum Gasteiger partial charge on any atom is -0.494 e. The summed E-state index contributed by atoms with van der Waals surface area (Å²) in [5, 5.41) is 2.77. The molecule has 0 radical (unpaired) electrons. The maximum Gasteiger partial charge on any atom is 0.264 e. The normalized spacial score (nSPS) is 10.8. The number of carbonyl (C=O) groups excluding carboxylic acids is 1. The SMILES string of the molecule is CCOc1ccc(N(CC(=O)NCc2ccc(OC)c(OC)c2OC)S(=O)(=O)c2ccc(OC)c(OC)c2)cc1. The summed E-state index contributed by atoms with van der Waals surface area (Å²) >= 11 is 0. The molecule has 0 unspecified atom stereocenters. The Balaban J connectivity index is 1.93. The van der Waals surface area contributed by atoms with E-state index >= 15 is 0 Å². The van der Waals surface area contributed by atoms with Crippen molar-refractivity contribution >= 4 is 21.6 Å². The van der Waals surface area contributed by atoms with Gasteiger partial charge in [0.1, 0.15) is 12.3 Å². The molecule has 0 aromatic heterocycles. The van der Waals surface area contributed by atoms with E-state index in [1.165, 1.54) is 53.7 Å². The van der Waals surface area contributed by atoms with Crippen molar-refractivity contribution in [2.45, 2.75) is 18.4 Å². The minimum atomic E-state index is -4.21. The Labute approximate surface area is 234 Å². The molecule has 0 fully saturated rings. The Morgan fingerprint density at radius 2 is 1.40 bits per heavy atom. The summed E-state index contributed by atoms with van der Waals surface area (Å²) in [6, 6.07) is 14.1. The van der Waals surface area contributed by atoms with Crippen LogP contribution in [0.5, 0.6) is 34.5 Å². The van der Waals surface area contributed by atoms with Crippen molar-refractivity contribution in [1.29, 1.82) is 0 Å². The van der Waals surface area contributed by atoms with Crippen molar-refractivity contribution in [3.8, 4) is 34.5 Å². The summed E-state index contributed by atoms with van der Waals surface area (Å²) < 4.78 is 60.9. The molecular formula is C28H34N2O9S. The number of anilines is 1. The summed E-state index contributed by atoms with van der Waals surface area (Å²) in [4.78, 5) is 13.1. The second-order valence-corrected chi connectivity index (χ2v) is 10.1. The van der Waals surface area contributed by atoms with Gasteiger partial charge in [0.05, 0.1) is 52.7 Å². The van der Waals surface area contributed by atoms with Crippen LogP contribution in [-0.4, -0.2) is 63.0 Å². The third kappa shape index (κ3) is 6.63. The molecular weight excluding hydrogens is 540 g/mol. The first-order valence-electron chi connectivity index (χ1n) is 12.3. The van der Waals surface area contributed by atoms with Crippen LogP contribution in [0.1, 0.15) is 12.5 Å². The van der Waals surface area contributed by atoms with Gasteiger partial charge in [-0.05, 0) is 55.5 Å². The molecule has 0 aliphatic heterocycles. The van der Waals surface area contributed by atoms with Gasteiger partial charge in [0.2, 0.25) is 11.7 Å². The third-order valence-electron chi connectivity index (χ3n) is 5.93. The highest BCUT2D eigenvalue weighted by atomic mass is 32.2. The Hall–Kier alpha value is -4.32. The van der Waals surface area contributed by atoms with Gasteiger partial charge in [-0.2, -0.15) is 0 Å². The summed E-state index contributed by atoms with van der Waals surface area (Å²) in [6.07, 6.45) is 0. The lowest BCUT2D eigenvalue weighted by Gasteiger charge is -2.25. The molecule has 216 valence electrons. The number of benzene rings is 3. The average Bonchev–Trinajstić information content (AvgIpc) is 2.98. The van der Waals surface area contributed by atoms with Crippen LogP contribution in [0.2, 0.25) is 0 Å². The predicted molar refractivity (Wildman–Crippen MR) is 150 cm³/mol. The number of sulfonamides is 1. The lowest BCUT2D eigenvalue weighted by molar-refractivity contribution is -0.119. The van der Waals surface area contributed by atoms with Crippen LogP contribution < -0.4 is 38.0 Å². The zero-order chi connectivity index (χ0) is 29.3. The molecule has 40 heavy (non-hydrogen) atoms. The summed E-state index contributed by atoms with van der Waals surface area (Å²) in [5.74, 6) is 1.87. The molecule has 0 aliphatic carbocycles. The molecule has 0 spiro atoms. The van der Waals surface area contributed by atoms with E-state index < -0.39 is 22.5 Å². The number of carbonyl (C=O) groups is 1. The summed E-state index contributed by atoms with van der Waals surface area (Å²) in [7, 11) is 3.12. The Bertz CT molecular complexity index is 1410. The van der Waals surface area contributed by atoms with Gasteiger partial charge in [0, 0.05) is 18.2 Å². The number of nitrogens with one attached hydrogen (secondary N) is 1. The quantitative estimate of drug-likeness (QED) is 0.308. The number of nitrogens with zero attached hydrogens (tertiary/aromatic N) is 1. The molecule has 11 nitrogen and oxygen atoms in total. The number of ether oxygens (including phenoxy) is 6. The van der Waals surface area contributed by atoms with Crippen LogP contribution in [0.3, 0.4) is 0 Å². The highest BCUT2D eigenvalue weighted by molar-refractivity contribution is 7.92. The van der Waals surface area contributed by atoms with Crippen LogP contribution in [-0.2, 0) is 21.4 Å². The van der Waals surface area contributed by atoms with E-state index in [0.29, 0.717) is 40.9 Å². The maximum atomic E-state index is 13.8. The van der Waals surface area contributed by atoms with Crippen LogP contribution in [0.25, 0.3) is 0 Å². The largest absolute Gasteiger partial charge is 0.494 e. The smallest absolute Gasteiger partial charge is 0.264 e. The molecule has 0 bridgehead atoms. The van der Waals surface area contributed by atoms with Crippen molar-refractivity contribution in [3.05, 3.63) is 60.2 Å². The molecule has 0 atom stereocenters. The number of hydrogen-bond acceptors (Lipinski definition) is 9. The molecule has 3 rings (SSSR count). The Morgan fingerprint density at radius 3 is 1.98 bits per heavy atom. The highest BCUT2D eigenvalue weighted by Crippen LogP contribution is 2.39. The third-order valence-corrected chi connectivity index (χ3v) is 7.70.